The number of aliphatic hydroxyl groups is 1. The lowest BCUT2D eigenvalue weighted by Crippen LogP contribution is -2.45. The average molecular weight is 320 g/mol. The summed E-state index contributed by atoms with van der Waals surface area (Å²) >= 11 is 0. The first-order valence-corrected chi connectivity index (χ1v) is 8.22. The van der Waals surface area contributed by atoms with E-state index in [4.69, 9.17) is 4.74 Å². The number of rotatable bonds is 7. The van der Waals surface area contributed by atoms with Gasteiger partial charge in [-0.15, -0.1) is 0 Å². The van der Waals surface area contributed by atoms with Crippen LogP contribution in [0.5, 0.6) is 0 Å². The number of ether oxygens (including phenoxy) is 1. The predicted molar refractivity (Wildman–Crippen MR) is 91.6 cm³/mol. The minimum atomic E-state index is 0.0219. The van der Waals surface area contributed by atoms with Gasteiger partial charge < -0.3 is 20.5 Å². The molecule has 1 saturated heterocycles. The summed E-state index contributed by atoms with van der Waals surface area (Å²) in [5, 5.41) is 16.0. The van der Waals surface area contributed by atoms with Gasteiger partial charge in [-0.05, 0) is 43.4 Å². The highest BCUT2D eigenvalue weighted by Gasteiger charge is 2.34. The summed E-state index contributed by atoms with van der Waals surface area (Å²) in [4.78, 5) is 8.39. The molecule has 0 radical (unpaired) electrons. The number of aromatic nitrogens is 1. The smallest absolute Gasteiger partial charge is 0.191 e. The van der Waals surface area contributed by atoms with E-state index in [0.717, 1.165) is 44.9 Å². The Kier molecular flexibility index (Phi) is 6.80. The van der Waals surface area contributed by atoms with E-state index in [2.05, 4.69) is 33.6 Å². The zero-order valence-corrected chi connectivity index (χ0v) is 14.1. The van der Waals surface area contributed by atoms with Crippen molar-refractivity contribution in [3.05, 3.63) is 29.6 Å². The van der Waals surface area contributed by atoms with Gasteiger partial charge in [-0.2, -0.15) is 0 Å². The number of aliphatic imine (C=N–C) groups is 1. The maximum atomic E-state index is 9.27. The second-order valence-electron chi connectivity index (χ2n) is 6.18. The molecule has 6 nitrogen and oxygen atoms in total. The third-order valence-corrected chi connectivity index (χ3v) is 4.50. The molecule has 1 atom stereocenters. The molecule has 1 aromatic heterocycles. The van der Waals surface area contributed by atoms with Crippen LogP contribution >= 0.6 is 0 Å². The third-order valence-electron chi connectivity index (χ3n) is 4.50. The zero-order valence-electron chi connectivity index (χ0n) is 14.1. The third kappa shape index (κ3) is 5.18. The minimum absolute atomic E-state index is 0.0219. The number of nitrogens with zero attached hydrogens (tertiary/aromatic N) is 2. The molecule has 0 aromatic carbocycles. The lowest BCUT2D eigenvalue weighted by molar-refractivity contribution is 0.127. The van der Waals surface area contributed by atoms with Crippen molar-refractivity contribution in [2.75, 3.05) is 40.0 Å². The van der Waals surface area contributed by atoms with Crippen LogP contribution in [0.15, 0.2) is 23.5 Å². The maximum absolute atomic E-state index is 9.27. The number of guanidine groups is 1. The fourth-order valence-electron chi connectivity index (χ4n) is 2.90. The SMILES string of the molecule is CN=C(NCCc1ccncc1C)NCC1(CCO)CCOC1. The van der Waals surface area contributed by atoms with E-state index in [-0.39, 0.29) is 12.0 Å². The van der Waals surface area contributed by atoms with Gasteiger partial charge in [0.25, 0.3) is 0 Å². The van der Waals surface area contributed by atoms with Gasteiger partial charge in [-0.25, -0.2) is 0 Å². The Morgan fingerprint density at radius 3 is 3.00 bits per heavy atom. The molecule has 1 fully saturated rings. The number of pyridine rings is 1. The van der Waals surface area contributed by atoms with Gasteiger partial charge >= 0.3 is 0 Å². The molecule has 3 N–H and O–H groups in total. The summed E-state index contributed by atoms with van der Waals surface area (Å²) in [5.74, 6) is 0.793. The molecule has 1 aliphatic rings. The van der Waals surface area contributed by atoms with Gasteiger partial charge in [0.2, 0.25) is 0 Å². The van der Waals surface area contributed by atoms with Crippen LogP contribution in [0.25, 0.3) is 0 Å². The summed E-state index contributed by atoms with van der Waals surface area (Å²) in [7, 11) is 1.77. The first kappa shape index (κ1) is 17.7. The van der Waals surface area contributed by atoms with Gasteiger partial charge in [0.15, 0.2) is 5.96 Å². The summed E-state index contributed by atoms with van der Waals surface area (Å²) in [6.45, 7) is 5.32. The van der Waals surface area contributed by atoms with E-state index in [1.165, 1.54) is 11.1 Å². The maximum Gasteiger partial charge on any atom is 0.191 e. The van der Waals surface area contributed by atoms with E-state index in [1.54, 1.807) is 7.05 Å². The number of nitrogens with one attached hydrogen (secondary N) is 2. The topological polar surface area (TPSA) is 78.8 Å². The molecule has 1 aromatic rings. The number of hydrogen-bond donors (Lipinski definition) is 3. The van der Waals surface area contributed by atoms with E-state index >= 15 is 0 Å². The van der Waals surface area contributed by atoms with E-state index in [0.29, 0.717) is 6.61 Å². The average Bonchev–Trinajstić information content (AvgIpc) is 3.01. The Morgan fingerprint density at radius 1 is 1.48 bits per heavy atom. The van der Waals surface area contributed by atoms with Gasteiger partial charge in [0.1, 0.15) is 0 Å². The first-order valence-electron chi connectivity index (χ1n) is 8.22. The second kappa shape index (κ2) is 8.84. The monoisotopic (exact) mass is 320 g/mol. The van der Waals surface area contributed by atoms with Crippen molar-refractivity contribution in [2.45, 2.75) is 26.2 Å². The number of aryl methyl sites for hydroxylation is 1. The molecule has 128 valence electrons. The Morgan fingerprint density at radius 2 is 2.35 bits per heavy atom. The Hall–Kier alpha value is -1.66. The molecule has 6 heteroatoms. The van der Waals surface area contributed by atoms with Crippen LogP contribution in [0.3, 0.4) is 0 Å². The molecule has 0 aliphatic carbocycles. The first-order chi connectivity index (χ1) is 11.2. The van der Waals surface area contributed by atoms with E-state index in [1.807, 2.05) is 12.4 Å². The van der Waals surface area contributed by atoms with Crippen LogP contribution in [0, 0.1) is 12.3 Å². The highest BCUT2D eigenvalue weighted by atomic mass is 16.5. The molecule has 0 amide bonds. The van der Waals surface area contributed by atoms with Crippen LogP contribution < -0.4 is 10.6 Å². The van der Waals surface area contributed by atoms with Crippen LogP contribution in [-0.4, -0.2) is 56.0 Å². The molecular formula is C17H28N4O2. The van der Waals surface area contributed by atoms with Gasteiger partial charge in [0, 0.05) is 51.2 Å². The quantitative estimate of drug-likeness (QED) is 0.514. The Balaban J connectivity index is 1.78. The minimum Gasteiger partial charge on any atom is -0.396 e. The summed E-state index contributed by atoms with van der Waals surface area (Å²) in [5.41, 5.74) is 2.53. The molecule has 2 rings (SSSR count). The van der Waals surface area contributed by atoms with Crippen molar-refractivity contribution in [3.63, 3.8) is 0 Å². The van der Waals surface area contributed by atoms with E-state index < -0.39 is 0 Å². The van der Waals surface area contributed by atoms with E-state index in [9.17, 15) is 5.11 Å². The fourth-order valence-corrected chi connectivity index (χ4v) is 2.90. The molecule has 1 unspecified atom stereocenters. The van der Waals surface area contributed by atoms with Crippen molar-refractivity contribution in [1.82, 2.24) is 15.6 Å². The summed E-state index contributed by atoms with van der Waals surface area (Å²) in [6.07, 6.45) is 6.39. The van der Waals surface area contributed by atoms with Gasteiger partial charge in [-0.3, -0.25) is 9.98 Å². The van der Waals surface area contributed by atoms with Crippen molar-refractivity contribution in [2.24, 2.45) is 10.4 Å². The second-order valence-corrected chi connectivity index (χ2v) is 6.18. The largest absolute Gasteiger partial charge is 0.396 e. The van der Waals surface area contributed by atoms with Crippen LogP contribution in [0.4, 0.5) is 0 Å². The molecule has 1 aliphatic heterocycles. The predicted octanol–water partition coefficient (Wildman–Crippen LogP) is 0.887. The van der Waals surface area contributed by atoms with Crippen molar-refractivity contribution in [1.29, 1.82) is 0 Å². The molecular weight excluding hydrogens is 292 g/mol. The van der Waals surface area contributed by atoms with Crippen molar-refractivity contribution in [3.8, 4) is 0 Å². The highest BCUT2D eigenvalue weighted by Crippen LogP contribution is 2.31. The van der Waals surface area contributed by atoms with Crippen molar-refractivity contribution >= 4 is 5.96 Å². The summed E-state index contributed by atoms with van der Waals surface area (Å²) in [6, 6.07) is 2.05. The van der Waals surface area contributed by atoms with Crippen LogP contribution in [-0.2, 0) is 11.2 Å². The Labute approximate surface area is 138 Å². The molecule has 0 saturated carbocycles. The highest BCUT2D eigenvalue weighted by molar-refractivity contribution is 5.79. The molecule has 0 spiro atoms. The van der Waals surface area contributed by atoms with Crippen LogP contribution in [0.2, 0.25) is 0 Å². The van der Waals surface area contributed by atoms with Crippen molar-refractivity contribution < 1.29 is 9.84 Å². The standard InChI is InChI=1S/C17H28N4O2/c1-14-11-19-7-3-15(14)4-8-20-16(18-2)21-12-17(5-9-22)6-10-23-13-17/h3,7,11,22H,4-6,8-10,12-13H2,1-2H3,(H2,18,20,21). The normalized spacial score (nSPS) is 21.4. The van der Waals surface area contributed by atoms with Gasteiger partial charge in [0.05, 0.1) is 6.61 Å². The number of aliphatic hydroxyl groups excluding tert-OH is 1. The van der Waals surface area contributed by atoms with Gasteiger partial charge in [-0.1, -0.05) is 0 Å². The number of hydrogen-bond acceptors (Lipinski definition) is 4. The lowest BCUT2D eigenvalue weighted by atomic mass is 9.84. The molecule has 2 heterocycles. The van der Waals surface area contributed by atoms with Crippen LogP contribution in [0.1, 0.15) is 24.0 Å². The molecule has 0 bridgehead atoms. The fraction of sp³-hybridized carbons (Fsp3) is 0.647. The summed E-state index contributed by atoms with van der Waals surface area (Å²) < 4.78 is 5.51. The Bertz CT molecular complexity index is 513. The lowest BCUT2D eigenvalue weighted by Gasteiger charge is -2.27. The zero-order chi connectivity index (χ0) is 16.5. The molecule has 23 heavy (non-hydrogen) atoms.